The van der Waals surface area contributed by atoms with Crippen molar-refractivity contribution < 1.29 is 23.9 Å². The molecule has 7 nitrogen and oxygen atoms in total. The maximum absolute atomic E-state index is 12.1. The maximum atomic E-state index is 12.1. The standard InChI is InChI=1S/C22H24Cl2N2O5/c1-15-12-16(23)9-10-19(15)30-11-5-8-22(29)31-14-21(28)26(2)13-20(27)25-18-7-4-3-6-17(18)24/h3-4,6-7,9-10,12H,5,8,11,13-14H2,1-2H3,(H,25,27). The Morgan fingerprint density at radius 3 is 2.55 bits per heavy atom. The molecule has 2 rings (SSSR count). The molecule has 1 N–H and O–H groups in total. The summed E-state index contributed by atoms with van der Waals surface area (Å²) in [6.45, 7) is 1.57. The average molecular weight is 467 g/mol. The zero-order valence-corrected chi connectivity index (χ0v) is 18.8. The van der Waals surface area contributed by atoms with E-state index < -0.39 is 24.4 Å². The minimum absolute atomic E-state index is 0.108. The number of esters is 1. The molecule has 0 bridgehead atoms. The number of amides is 2. The highest BCUT2D eigenvalue weighted by Gasteiger charge is 2.16. The minimum atomic E-state index is -0.515. The molecule has 0 saturated carbocycles. The molecule has 166 valence electrons. The Hall–Kier alpha value is -2.77. The second-order valence-electron chi connectivity index (χ2n) is 6.80. The lowest BCUT2D eigenvalue weighted by atomic mass is 10.2. The zero-order valence-electron chi connectivity index (χ0n) is 17.3. The van der Waals surface area contributed by atoms with Crippen LogP contribution in [0.3, 0.4) is 0 Å². The number of benzene rings is 2. The van der Waals surface area contributed by atoms with Crippen molar-refractivity contribution in [1.82, 2.24) is 4.90 Å². The summed E-state index contributed by atoms with van der Waals surface area (Å²) in [5, 5.41) is 3.65. The molecule has 31 heavy (non-hydrogen) atoms. The van der Waals surface area contributed by atoms with Crippen LogP contribution in [0.2, 0.25) is 10.0 Å². The van der Waals surface area contributed by atoms with E-state index in [1.807, 2.05) is 6.92 Å². The molecular weight excluding hydrogens is 443 g/mol. The van der Waals surface area contributed by atoms with Gasteiger partial charge in [0.15, 0.2) is 6.61 Å². The number of nitrogens with zero attached hydrogens (tertiary/aromatic N) is 1. The maximum Gasteiger partial charge on any atom is 0.306 e. The highest BCUT2D eigenvalue weighted by molar-refractivity contribution is 6.33. The van der Waals surface area contributed by atoms with E-state index in [9.17, 15) is 14.4 Å². The van der Waals surface area contributed by atoms with Crippen LogP contribution in [0.1, 0.15) is 18.4 Å². The number of anilines is 1. The van der Waals surface area contributed by atoms with Crippen molar-refractivity contribution in [3.05, 3.63) is 58.1 Å². The zero-order chi connectivity index (χ0) is 22.8. The molecule has 0 aromatic heterocycles. The first-order chi connectivity index (χ1) is 14.8. The lowest BCUT2D eigenvalue weighted by Crippen LogP contribution is -2.37. The monoisotopic (exact) mass is 466 g/mol. The van der Waals surface area contributed by atoms with Gasteiger partial charge < -0.3 is 19.7 Å². The summed E-state index contributed by atoms with van der Waals surface area (Å²) in [7, 11) is 1.45. The molecule has 2 amide bonds. The minimum Gasteiger partial charge on any atom is -0.493 e. The van der Waals surface area contributed by atoms with Crippen LogP contribution in [0, 0.1) is 6.92 Å². The van der Waals surface area contributed by atoms with Crippen LogP contribution in [-0.4, -0.2) is 49.5 Å². The molecule has 0 spiro atoms. The second kappa shape index (κ2) is 12.2. The van der Waals surface area contributed by atoms with Gasteiger partial charge in [-0.1, -0.05) is 35.3 Å². The van der Waals surface area contributed by atoms with Crippen LogP contribution in [0.4, 0.5) is 5.69 Å². The third-order valence-electron chi connectivity index (χ3n) is 4.23. The number of carbonyl (C=O) groups is 3. The number of nitrogens with one attached hydrogen (secondary N) is 1. The van der Waals surface area contributed by atoms with Gasteiger partial charge in [0.2, 0.25) is 5.91 Å². The van der Waals surface area contributed by atoms with Gasteiger partial charge in [-0.2, -0.15) is 0 Å². The Bertz CT molecular complexity index is 936. The predicted octanol–water partition coefficient (Wildman–Crippen LogP) is 4.10. The van der Waals surface area contributed by atoms with E-state index in [0.29, 0.717) is 34.5 Å². The second-order valence-corrected chi connectivity index (χ2v) is 7.64. The van der Waals surface area contributed by atoms with Crippen LogP contribution in [0.15, 0.2) is 42.5 Å². The van der Waals surface area contributed by atoms with Crippen molar-refractivity contribution in [3.8, 4) is 5.75 Å². The Labute approximate surface area is 191 Å². The van der Waals surface area contributed by atoms with E-state index >= 15 is 0 Å². The molecule has 0 fully saturated rings. The Morgan fingerprint density at radius 2 is 1.84 bits per heavy atom. The number of para-hydroxylation sites is 1. The van der Waals surface area contributed by atoms with Gasteiger partial charge in [0.05, 0.1) is 23.9 Å². The number of aryl methyl sites for hydroxylation is 1. The highest BCUT2D eigenvalue weighted by Crippen LogP contribution is 2.22. The summed E-state index contributed by atoms with van der Waals surface area (Å²) in [6.07, 6.45) is 0.543. The molecule has 0 atom stereocenters. The molecule has 2 aromatic carbocycles. The smallest absolute Gasteiger partial charge is 0.306 e. The van der Waals surface area contributed by atoms with E-state index in [4.69, 9.17) is 32.7 Å². The van der Waals surface area contributed by atoms with Crippen LogP contribution in [0.5, 0.6) is 5.75 Å². The third-order valence-corrected chi connectivity index (χ3v) is 4.80. The number of likely N-dealkylation sites (N-methyl/N-ethyl adjacent to an activating group) is 1. The van der Waals surface area contributed by atoms with E-state index in [2.05, 4.69) is 5.32 Å². The predicted molar refractivity (Wildman–Crippen MR) is 120 cm³/mol. The lowest BCUT2D eigenvalue weighted by molar-refractivity contribution is -0.152. The van der Waals surface area contributed by atoms with Crippen molar-refractivity contribution in [3.63, 3.8) is 0 Å². The molecule has 2 aromatic rings. The topological polar surface area (TPSA) is 84.9 Å². The summed E-state index contributed by atoms with van der Waals surface area (Å²) in [6, 6.07) is 12.1. The quantitative estimate of drug-likeness (QED) is 0.420. The first-order valence-corrected chi connectivity index (χ1v) is 10.3. The van der Waals surface area contributed by atoms with Crippen molar-refractivity contribution in [1.29, 1.82) is 0 Å². The van der Waals surface area contributed by atoms with Crippen LogP contribution in [0.25, 0.3) is 0 Å². The first-order valence-electron chi connectivity index (χ1n) is 9.59. The molecule has 0 aliphatic rings. The SMILES string of the molecule is Cc1cc(Cl)ccc1OCCCC(=O)OCC(=O)N(C)CC(=O)Nc1ccccc1Cl. The summed E-state index contributed by atoms with van der Waals surface area (Å²) < 4.78 is 10.6. The highest BCUT2D eigenvalue weighted by atomic mass is 35.5. The number of rotatable bonds is 10. The number of carbonyl (C=O) groups excluding carboxylic acids is 3. The van der Waals surface area contributed by atoms with Crippen LogP contribution >= 0.6 is 23.2 Å². The van der Waals surface area contributed by atoms with Gasteiger partial charge in [-0.15, -0.1) is 0 Å². The average Bonchev–Trinajstić information content (AvgIpc) is 2.72. The van der Waals surface area contributed by atoms with Gasteiger partial charge in [0.1, 0.15) is 5.75 Å². The lowest BCUT2D eigenvalue weighted by Gasteiger charge is -2.17. The first kappa shape index (κ1) is 24.5. The van der Waals surface area contributed by atoms with E-state index in [1.54, 1.807) is 42.5 Å². The fourth-order valence-electron chi connectivity index (χ4n) is 2.55. The van der Waals surface area contributed by atoms with Gasteiger partial charge in [-0.25, -0.2) is 0 Å². The van der Waals surface area contributed by atoms with Crippen LogP contribution in [-0.2, 0) is 19.1 Å². The van der Waals surface area contributed by atoms with Crippen molar-refractivity contribution in [2.75, 3.05) is 32.1 Å². The fraction of sp³-hybridized carbons (Fsp3) is 0.318. The summed E-state index contributed by atoms with van der Waals surface area (Å²) in [4.78, 5) is 37.2. The van der Waals surface area contributed by atoms with Gasteiger partial charge in [-0.3, -0.25) is 14.4 Å². The molecule has 0 aliphatic carbocycles. The summed E-state index contributed by atoms with van der Waals surface area (Å²) in [5.41, 5.74) is 1.36. The van der Waals surface area contributed by atoms with E-state index in [0.717, 1.165) is 5.56 Å². The number of hydrogen-bond donors (Lipinski definition) is 1. The Kier molecular flexibility index (Phi) is 9.62. The Morgan fingerprint density at radius 1 is 1.10 bits per heavy atom. The van der Waals surface area contributed by atoms with E-state index in [1.165, 1.54) is 11.9 Å². The fourth-order valence-corrected chi connectivity index (χ4v) is 2.96. The van der Waals surface area contributed by atoms with Gasteiger partial charge in [-0.05, 0) is 49.2 Å². The summed E-state index contributed by atoms with van der Waals surface area (Å²) >= 11 is 11.9. The molecule has 0 heterocycles. The van der Waals surface area contributed by atoms with Crippen LogP contribution < -0.4 is 10.1 Å². The van der Waals surface area contributed by atoms with Crippen molar-refractivity contribution in [2.24, 2.45) is 0 Å². The van der Waals surface area contributed by atoms with Gasteiger partial charge >= 0.3 is 5.97 Å². The molecule has 0 aliphatic heterocycles. The van der Waals surface area contributed by atoms with Crippen molar-refractivity contribution in [2.45, 2.75) is 19.8 Å². The van der Waals surface area contributed by atoms with Gasteiger partial charge in [0, 0.05) is 18.5 Å². The van der Waals surface area contributed by atoms with Crippen molar-refractivity contribution >= 4 is 46.7 Å². The van der Waals surface area contributed by atoms with Gasteiger partial charge in [0.25, 0.3) is 5.91 Å². The Balaban J connectivity index is 1.64. The van der Waals surface area contributed by atoms with E-state index in [-0.39, 0.29) is 13.0 Å². The molecule has 0 saturated heterocycles. The molecule has 0 unspecified atom stereocenters. The molecular formula is C22H24Cl2N2O5. The third kappa shape index (κ3) is 8.47. The summed E-state index contributed by atoms with van der Waals surface area (Å²) in [5.74, 6) is -0.719. The normalized spacial score (nSPS) is 10.3. The molecule has 9 heteroatoms. The number of hydrogen-bond acceptors (Lipinski definition) is 5. The number of halogens is 2. The largest absolute Gasteiger partial charge is 0.493 e. The molecule has 0 radical (unpaired) electrons. The number of ether oxygens (including phenoxy) is 2.